The van der Waals surface area contributed by atoms with Crippen molar-refractivity contribution in [3.05, 3.63) is 12.0 Å². The average Bonchev–Trinajstić information content (AvgIpc) is 2.92. The van der Waals surface area contributed by atoms with E-state index in [-0.39, 0.29) is 24.3 Å². The van der Waals surface area contributed by atoms with E-state index >= 15 is 0 Å². The summed E-state index contributed by atoms with van der Waals surface area (Å²) >= 11 is 0. The molecule has 0 bridgehead atoms. The van der Waals surface area contributed by atoms with E-state index in [9.17, 15) is 4.79 Å². The van der Waals surface area contributed by atoms with Gasteiger partial charge in [-0.3, -0.25) is 0 Å². The van der Waals surface area contributed by atoms with Gasteiger partial charge in [0, 0.05) is 0 Å². The summed E-state index contributed by atoms with van der Waals surface area (Å²) in [7, 11) is 0. The van der Waals surface area contributed by atoms with Crippen molar-refractivity contribution in [2.75, 3.05) is 0 Å². The Hall–Kier alpha value is -1.19. The molecule has 37 heavy (non-hydrogen) atoms. The van der Waals surface area contributed by atoms with Gasteiger partial charge in [0.25, 0.3) is 0 Å². The molecule has 3 aliphatic rings. The summed E-state index contributed by atoms with van der Waals surface area (Å²) in [6.45, 7) is 0. The topological polar surface area (TPSA) is 44.8 Å². The largest absolute Gasteiger partial charge is 0.494 e. The lowest BCUT2D eigenvalue weighted by Crippen LogP contribution is -2.24. The lowest BCUT2D eigenvalue weighted by molar-refractivity contribution is -0.151. The third-order valence-electron chi connectivity index (χ3n) is 8.79. The van der Waals surface area contributed by atoms with Crippen LogP contribution in [0.25, 0.3) is 0 Å². The molecule has 0 aromatic carbocycles. The number of carbonyl (C=O) groups excluding carboxylic acids is 1. The van der Waals surface area contributed by atoms with Gasteiger partial charge >= 0.3 is 5.97 Å². The van der Waals surface area contributed by atoms with Gasteiger partial charge in [-0.25, -0.2) is 4.79 Å². The first-order chi connectivity index (χ1) is 18.3. The SMILES string of the molecule is O=C(OC1CCCCCCCCC1)C(=COC1CCCCCCCCC1)OC1CCCCCCCCC1. The lowest BCUT2D eigenvalue weighted by Gasteiger charge is -2.24. The molecule has 3 rings (SSSR count). The molecule has 0 atom stereocenters. The second-order valence-corrected chi connectivity index (χ2v) is 12.2. The Kier molecular flexibility index (Phi) is 16.3. The maximum Gasteiger partial charge on any atom is 0.377 e. The molecule has 0 aromatic heterocycles. The summed E-state index contributed by atoms with van der Waals surface area (Å²) in [5, 5.41) is 0. The van der Waals surface area contributed by atoms with Crippen LogP contribution in [0.4, 0.5) is 0 Å². The fourth-order valence-corrected chi connectivity index (χ4v) is 6.36. The molecule has 0 saturated heterocycles. The molecule has 0 heterocycles. The van der Waals surface area contributed by atoms with Crippen molar-refractivity contribution < 1.29 is 19.0 Å². The summed E-state index contributed by atoms with van der Waals surface area (Å²) in [5.41, 5.74) is 0. The van der Waals surface area contributed by atoms with Crippen LogP contribution in [0.1, 0.15) is 173 Å². The Bertz CT molecular complexity index is 585. The van der Waals surface area contributed by atoms with Crippen LogP contribution >= 0.6 is 0 Å². The van der Waals surface area contributed by atoms with Crippen molar-refractivity contribution in [3.63, 3.8) is 0 Å². The smallest absolute Gasteiger partial charge is 0.377 e. The standard InChI is InChI=1S/C33H58O4/c34-33(37-31-26-20-14-8-3-9-15-21-27-31)32(36-30-24-18-12-6-2-7-13-19-25-30)28-35-29-22-16-10-4-1-5-11-17-23-29/h28-31H,1-27H2. The zero-order valence-corrected chi connectivity index (χ0v) is 24.0. The third kappa shape index (κ3) is 14.0. The van der Waals surface area contributed by atoms with Crippen molar-refractivity contribution in [3.8, 4) is 0 Å². The summed E-state index contributed by atoms with van der Waals surface area (Å²) in [4.78, 5) is 13.5. The Morgan fingerprint density at radius 1 is 0.405 bits per heavy atom. The molecular weight excluding hydrogens is 460 g/mol. The minimum atomic E-state index is -0.293. The first kappa shape index (κ1) is 30.4. The van der Waals surface area contributed by atoms with Crippen LogP contribution in [0.5, 0.6) is 0 Å². The van der Waals surface area contributed by atoms with E-state index in [1.807, 2.05) is 0 Å². The van der Waals surface area contributed by atoms with Gasteiger partial charge in [0.2, 0.25) is 5.76 Å². The predicted octanol–water partition coefficient (Wildman–Crippen LogP) is 10.1. The Balaban J connectivity index is 1.64. The highest BCUT2D eigenvalue weighted by atomic mass is 16.6. The van der Waals surface area contributed by atoms with Crippen molar-refractivity contribution in [1.29, 1.82) is 0 Å². The van der Waals surface area contributed by atoms with Gasteiger partial charge in [-0.1, -0.05) is 96.3 Å². The molecule has 0 amide bonds. The Labute approximate surface area is 228 Å². The first-order valence-corrected chi connectivity index (χ1v) is 16.5. The average molecular weight is 519 g/mol. The van der Waals surface area contributed by atoms with Gasteiger partial charge in [-0.2, -0.15) is 0 Å². The molecule has 0 N–H and O–H groups in total. The van der Waals surface area contributed by atoms with Crippen LogP contribution in [-0.4, -0.2) is 24.3 Å². The number of ether oxygens (including phenoxy) is 3. The van der Waals surface area contributed by atoms with E-state index in [1.165, 1.54) is 122 Å². The maximum absolute atomic E-state index is 13.5. The number of esters is 1. The molecule has 3 fully saturated rings. The molecule has 0 aliphatic heterocycles. The van der Waals surface area contributed by atoms with E-state index in [0.717, 1.165) is 51.4 Å². The third-order valence-corrected chi connectivity index (χ3v) is 8.79. The second-order valence-electron chi connectivity index (χ2n) is 12.2. The number of hydrogen-bond acceptors (Lipinski definition) is 4. The fourth-order valence-electron chi connectivity index (χ4n) is 6.36. The summed E-state index contributed by atoms with van der Waals surface area (Å²) in [5.74, 6) is 0.0373. The monoisotopic (exact) mass is 518 g/mol. The number of rotatable bonds is 6. The van der Waals surface area contributed by atoms with Gasteiger partial charge in [0.1, 0.15) is 12.4 Å². The van der Waals surface area contributed by atoms with Crippen LogP contribution in [0.15, 0.2) is 12.0 Å². The predicted molar refractivity (Wildman–Crippen MR) is 152 cm³/mol. The van der Waals surface area contributed by atoms with E-state index in [4.69, 9.17) is 14.2 Å². The zero-order valence-electron chi connectivity index (χ0n) is 24.0. The molecule has 4 heteroatoms. The summed E-state index contributed by atoms with van der Waals surface area (Å²) in [6, 6.07) is 0. The minimum absolute atomic E-state index is 0.00954. The minimum Gasteiger partial charge on any atom is -0.494 e. The van der Waals surface area contributed by atoms with Crippen LogP contribution in [0, 0.1) is 0 Å². The van der Waals surface area contributed by atoms with E-state index in [1.54, 1.807) is 6.26 Å². The highest BCUT2D eigenvalue weighted by Gasteiger charge is 2.24. The highest BCUT2D eigenvalue weighted by Crippen LogP contribution is 2.25. The van der Waals surface area contributed by atoms with Crippen LogP contribution in [-0.2, 0) is 19.0 Å². The van der Waals surface area contributed by atoms with Gasteiger partial charge in [0.15, 0.2) is 0 Å². The second kappa shape index (κ2) is 19.8. The van der Waals surface area contributed by atoms with Crippen molar-refractivity contribution in [2.45, 2.75) is 192 Å². The molecule has 0 unspecified atom stereocenters. The van der Waals surface area contributed by atoms with Crippen molar-refractivity contribution in [2.24, 2.45) is 0 Å². The molecule has 214 valence electrons. The van der Waals surface area contributed by atoms with E-state index in [0.29, 0.717) is 5.76 Å². The highest BCUT2D eigenvalue weighted by molar-refractivity contribution is 5.86. The first-order valence-electron chi connectivity index (χ1n) is 16.5. The van der Waals surface area contributed by atoms with Crippen LogP contribution in [0.3, 0.4) is 0 Å². The van der Waals surface area contributed by atoms with Crippen LogP contribution < -0.4 is 0 Å². The van der Waals surface area contributed by atoms with E-state index in [2.05, 4.69) is 0 Å². The molecule has 0 radical (unpaired) electrons. The van der Waals surface area contributed by atoms with Gasteiger partial charge < -0.3 is 14.2 Å². The summed E-state index contributed by atoms with van der Waals surface area (Å²) in [6.07, 6.45) is 34.8. The summed E-state index contributed by atoms with van der Waals surface area (Å²) < 4.78 is 18.9. The molecule has 0 aromatic rings. The quantitative estimate of drug-likeness (QED) is 0.199. The Morgan fingerprint density at radius 2 is 0.703 bits per heavy atom. The number of carbonyl (C=O) groups is 1. The molecule has 3 aliphatic carbocycles. The van der Waals surface area contributed by atoms with E-state index < -0.39 is 0 Å². The lowest BCUT2D eigenvalue weighted by atomic mass is 9.99. The molecule has 4 nitrogen and oxygen atoms in total. The molecule has 3 saturated carbocycles. The number of hydrogen-bond donors (Lipinski definition) is 0. The van der Waals surface area contributed by atoms with Gasteiger partial charge in [-0.05, 0) is 77.0 Å². The van der Waals surface area contributed by atoms with Crippen molar-refractivity contribution in [1.82, 2.24) is 0 Å². The maximum atomic E-state index is 13.5. The molecular formula is C33H58O4. The fraction of sp³-hybridized carbons (Fsp3) is 0.909. The Morgan fingerprint density at radius 3 is 1.08 bits per heavy atom. The van der Waals surface area contributed by atoms with Crippen LogP contribution in [0.2, 0.25) is 0 Å². The van der Waals surface area contributed by atoms with Gasteiger partial charge in [0.05, 0.1) is 12.2 Å². The van der Waals surface area contributed by atoms with Gasteiger partial charge in [-0.15, -0.1) is 0 Å². The zero-order chi connectivity index (χ0) is 25.8. The van der Waals surface area contributed by atoms with Crippen molar-refractivity contribution >= 4 is 5.97 Å². The normalized spacial score (nSPS) is 24.5. The molecule has 0 spiro atoms.